The van der Waals surface area contributed by atoms with Gasteiger partial charge in [-0.3, -0.25) is 0 Å². The van der Waals surface area contributed by atoms with Crippen molar-refractivity contribution in [3.63, 3.8) is 0 Å². The SMILES string of the molecule is c1ccc(-c2cccc(-c3cc(-n4c5ccccc5c5cc6ccccc6cc54)ccc3-c3nc(-c4ccccc4)nc(-c4ccc5c(c4)c4ccccc4n5-c4ccccc4)n3)c2)cc1. The third-order valence-electron chi connectivity index (χ3n) is 12.9. The highest BCUT2D eigenvalue weighted by Crippen LogP contribution is 2.41. The Kier molecular flexibility index (Phi) is 8.78. The molecule has 0 fully saturated rings. The summed E-state index contributed by atoms with van der Waals surface area (Å²) in [5.41, 5.74) is 13.9. The van der Waals surface area contributed by atoms with Crippen LogP contribution in [0.15, 0.2) is 237 Å². The third kappa shape index (κ3) is 6.28. The summed E-state index contributed by atoms with van der Waals surface area (Å²) in [4.78, 5) is 15.9. The minimum Gasteiger partial charge on any atom is -0.309 e. The van der Waals surface area contributed by atoms with E-state index in [0.717, 1.165) is 77.8 Å². The Bertz CT molecular complexity index is 3980. The lowest BCUT2D eigenvalue weighted by Gasteiger charge is -2.16. The molecule has 13 aromatic rings. The first kappa shape index (κ1) is 37.6. The topological polar surface area (TPSA) is 48.5 Å². The summed E-state index contributed by atoms with van der Waals surface area (Å²) in [6.07, 6.45) is 0. The molecule has 3 aromatic heterocycles. The molecule has 0 bridgehead atoms. The quantitative estimate of drug-likeness (QED) is 0.161. The Balaban J connectivity index is 1.05. The lowest BCUT2D eigenvalue weighted by atomic mass is 9.94. The lowest BCUT2D eigenvalue weighted by molar-refractivity contribution is 1.07. The van der Waals surface area contributed by atoms with E-state index in [-0.39, 0.29) is 0 Å². The molecule has 0 N–H and O–H groups in total. The second-order valence-electron chi connectivity index (χ2n) is 16.8. The molecule has 5 heteroatoms. The predicted octanol–water partition coefficient (Wildman–Crippen LogP) is 15.6. The Hall–Kier alpha value is -8.93. The number of rotatable bonds is 7. The molecule has 3 heterocycles. The van der Waals surface area contributed by atoms with Crippen LogP contribution in [0.25, 0.3) is 122 Å². The van der Waals surface area contributed by atoms with Gasteiger partial charge < -0.3 is 9.13 Å². The molecule has 308 valence electrons. The molecule has 5 nitrogen and oxygen atoms in total. The number of hydrogen-bond donors (Lipinski definition) is 0. The van der Waals surface area contributed by atoms with E-state index in [1.165, 1.54) is 26.9 Å². The molecule has 0 radical (unpaired) electrons. The molecule has 10 aromatic carbocycles. The molecule has 0 unspecified atom stereocenters. The Morgan fingerprint density at radius 3 is 1.50 bits per heavy atom. The summed E-state index contributed by atoms with van der Waals surface area (Å²) in [5, 5.41) is 7.17. The Labute approximate surface area is 381 Å². The van der Waals surface area contributed by atoms with Crippen LogP contribution in [0.5, 0.6) is 0 Å². The third-order valence-corrected chi connectivity index (χ3v) is 12.9. The van der Waals surface area contributed by atoms with E-state index in [2.05, 4.69) is 228 Å². The van der Waals surface area contributed by atoms with Gasteiger partial charge in [-0.15, -0.1) is 0 Å². The predicted molar refractivity (Wildman–Crippen MR) is 273 cm³/mol. The average molecular weight is 842 g/mol. The molecule has 0 saturated heterocycles. The summed E-state index contributed by atoms with van der Waals surface area (Å²) >= 11 is 0. The molecule has 0 saturated carbocycles. The molecule has 13 rings (SSSR count). The van der Waals surface area contributed by atoms with Crippen molar-refractivity contribution in [2.75, 3.05) is 0 Å². The minimum atomic E-state index is 0.602. The van der Waals surface area contributed by atoms with Gasteiger partial charge in [0.15, 0.2) is 17.5 Å². The first-order valence-corrected chi connectivity index (χ1v) is 22.3. The normalized spacial score (nSPS) is 11.6. The average Bonchev–Trinajstić information content (AvgIpc) is 3.90. The minimum absolute atomic E-state index is 0.602. The molecule has 0 aliphatic heterocycles. The zero-order valence-electron chi connectivity index (χ0n) is 35.8. The van der Waals surface area contributed by atoms with Crippen molar-refractivity contribution in [1.29, 1.82) is 0 Å². The van der Waals surface area contributed by atoms with Crippen LogP contribution in [0.3, 0.4) is 0 Å². The number of fused-ring (bicyclic) bond motifs is 7. The van der Waals surface area contributed by atoms with E-state index >= 15 is 0 Å². The molecular formula is C61H39N5. The molecule has 0 spiro atoms. The molecule has 0 aliphatic rings. The van der Waals surface area contributed by atoms with Gasteiger partial charge in [-0.25, -0.2) is 15.0 Å². The van der Waals surface area contributed by atoms with E-state index in [1.54, 1.807) is 0 Å². The number of benzene rings is 10. The van der Waals surface area contributed by atoms with Crippen LogP contribution in [0, 0.1) is 0 Å². The highest BCUT2D eigenvalue weighted by atomic mass is 15.0. The van der Waals surface area contributed by atoms with Crippen molar-refractivity contribution < 1.29 is 0 Å². The fraction of sp³-hybridized carbons (Fsp3) is 0. The van der Waals surface area contributed by atoms with Gasteiger partial charge >= 0.3 is 0 Å². The molecule has 0 atom stereocenters. The van der Waals surface area contributed by atoms with Crippen molar-refractivity contribution in [3.05, 3.63) is 237 Å². The fourth-order valence-corrected chi connectivity index (χ4v) is 9.84. The van der Waals surface area contributed by atoms with Crippen LogP contribution >= 0.6 is 0 Å². The van der Waals surface area contributed by atoms with Gasteiger partial charge in [-0.2, -0.15) is 0 Å². The highest BCUT2D eigenvalue weighted by Gasteiger charge is 2.21. The molecule has 0 aliphatic carbocycles. The second-order valence-corrected chi connectivity index (χ2v) is 16.8. The molecule has 66 heavy (non-hydrogen) atoms. The zero-order valence-corrected chi connectivity index (χ0v) is 35.8. The van der Waals surface area contributed by atoms with E-state index < -0.39 is 0 Å². The summed E-state index contributed by atoms with van der Waals surface area (Å²) in [5.74, 6) is 1.83. The van der Waals surface area contributed by atoms with Gasteiger partial charge in [0, 0.05) is 49.6 Å². The maximum Gasteiger partial charge on any atom is 0.164 e. The first-order chi connectivity index (χ1) is 32.7. The van der Waals surface area contributed by atoms with E-state index in [0.29, 0.717) is 17.5 Å². The van der Waals surface area contributed by atoms with Gasteiger partial charge in [0.05, 0.1) is 22.1 Å². The van der Waals surface area contributed by atoms with Crippen molar-refractivity contribution in [2.45, 2.75) is 0 Å². The van der Waals surface area contributed by atoms with Crippen molar-refractivity contribution in [3.8, 4) is 67.8 Å². The van der Waals surface area contributed by atoms with E-state index in [1.807, 2.05) is 18.2 Å². The van der Waals surface area contributed by atoms with E-state index in [4.69, 9.17) is 15.0 Å². The lowest BCUT2D eigenvalue weighted by Crippen LogP contribution is -2.02. The molecular weight excluding hydrogens is 803 g/mol. The largest absolute Gasteiger partial charge is 0.309 e. The Morgan fingerprint density at radius 2 is 0.773 bits per heavy atom. The number of hydrogen-bond acceptors (Lipinski definition) is 3. The van der Waals surface area contributed by atoms with Crippen molar-refractivity contribution in [1.82, 2.24) is 24.1 Å². The van der Waals surface area contributed by atoms with Crippen LogP contribution in [0.4, 0.5) is 0 Å². The smallest absolute Gasteiger partial charge is 0.164 e. The van der Waals surface area contributed by atoms with Crippen LogP contribution in [0.2, 0.25) is 0 Å². The maximum absolute atomic E-state index is 5.41. The summed E-state index contributed by atoms with van der Waals surface area (Å²) < 4.78 is 4.74. The second kappa shape index (κ2) is 15.4. The number of para-hydroxylation sites is 3. The first-order valence-electron chi connectivity index (χ1n) is 22.3. The molecule has 0 amide bonds. The van der Waals surface area contributed by atoms with Crippen LogP contribution in [-0.4, -0.2) is 24.1 Å². The Morgan fingerprint density at radius 1 is 0.242 bits per heavy atom. The zero-order chi connectivity index (χ0) is 43.6. The van der Waals surface area contributed by atoms with Gasteiger partial charge in [0.25, 0.3) is 0 Å². The fourth-order valence-electron chi connectivity index (χ4n) is 9.84. The van der Waals surface area contributed by atoms with Crippen LogP contribution in [0.1, 0.15) is 0 Å². The number of aromatic nitrogens is 5. The monoisotopic (exact) mass is 841 g/mol. The van der Waals surface area contributed by atoms with Gasteiger partial charge in [0.1, 0.15) is 0 Å². The van der Waals surface area contributed by atoms with Gasteiger partial charge in [-0.1, -0.05) is 158 Å². The highest BCUT2D eigenvalue weighted by molar-refractivity contribution is 6.14. The van der Waals surface area contributed by atoms with Crippen molar-refractivity contribution >= 4 is 54.4 Å². The number of nitrogens with zero attached hydrogens (tertiary/aromatic N) is 5. The van der Waals surface area contributed by atoms with Gasteiger partial charge in [-0.05, 0) is 112 Å². The summed E-state index contributed by atoms with van der Waals surface area (Å²) in [6.45, 7) is 0. The van der Waals surface area contributed by atoms with Crippen LogP contribution < -0.4 is 0 Å². The summed E-state index contributed by atoms with van der Waals surface area (Å²) in [7, 11) is 0. The standard InChI is InChI=1S/C61H39N5/c1-4-17-40(18-5-1)42-23-16-24-45(35-42)52-39-48(66-56-30-15-13-28-50(56)54-36-43-21-10-11-22-44(43)38-58(54)66)32-33-51(52)61-63-59(41-19-6-2-7-20-41)62-60(64-61)46-31-34-57-53(37-46)49-27-12-14-29-55(49)65(57)47-25-8-3-9-26-47/h1-39H. The maximum atomic E-state index is 5.41. The summed E-state index contributed by atoms with van der Waals surface area (Å²) in [6, 6.07) is 84.1. The van der Waals surface area contributed by atoms with Crippen LogP contribution in [-0.2, 0) is 0 Å². The van der Waals surface area contributed by atoms with E-state index in [9.17, 15) is 0 Å². The van der Waals surface area contributed by atoms with Gasteiger partial charge in [0.2, 0.25) is 0 Å². The van der Waals surface area contributed by atoms with Crippen molar-refractivity contribution in [2.24, 2.45) is 0 Å².